The Balaban J connectivity index is 1.67. The van der Waals surface area contributed by atoms with E-state index in [4.69, 9.17) is 16.3 Å². The predicted octanol–water partition coefficient (Wildman–Crippen LogP) is 5.58. The van der Waals surface area contributed by atoms with E-state index in [2.05, 4.69) is 11.5 Å². The number of carbonyl (C=O) groups excluding carboxylic acids is 2. The van der Waals surface area contributed by atoms with Crippen LogP contribution < -0.4 is 0 Å². The number of esters is 1. The number of benzene rings is 2. The van der Waals surface area contributed by atoms with Crippen molar-refractivity contribution >= 4 is 35.1 Å². The van der Waals surface area contributed by atoms with Gasteiger partial charge in [-0.15, -0.1) is 0 Å². The minimum Gasteiger partial charge on any atom is -0.456 e. The Bertz CT molecular complexity index is 1120. The number of carbonyl (C=O) groups is 2. The van der Waals surface area contributed by atoms with E-state index in [9.17, 15) is 14.0 Å². The average Bonchev–Trinajstić information content (AvgIpc) is 2.78. The lowest BCUT2D eigenvalue weighted by Crippen LogP contribution is -2.53. The van der Waals surface area contributed by atoms with Crippen LogP contribution in [0.3, 0.4) is 0 Å². The van der Waals surface area contributed by atoms with Crippen LogP contribution >= 0.6 is 11.6 Å². The highest BCUT2D eigenvalue weighted by Crippen LogP contribution is 2.26. The van der Waals surface area contributed by atoms with Gasteiger partial charge in [0.25, 0.3) is 0 Å². The van der Waals surface area contributed by atoms with Gasteiger partial charge in [0.2, 0.25) is 5.91 Å². The monoisotopic (exact) mass is 498 g/mol. The van der Waals surface area contributed by atoms with Gasteiger partial charge < -0.3 is 9.64 Å². The molecule has 1 atom stereocenters. The first-order valence-electron chi connectivity index (χ1n) is 11.6. The lowest BCUT2D eigenvalue weighted by Gasteiger charge is -2.39. The molecule has 2 aromatic rings. The summed E-state index contributed by atoms with van der Waals surface area (Å²) >= 11 is 6.17. The van der Waals surface area contributed by atoms with Gasteiger partial charge in [0, 0.05) is 43.3 Å². The minimum atomic E-state index is -0.653. The largest absolute Gasteiger partial charge is 0.456 e. The van der Waals surface area contributed by atoms with Crippen molar-refractivity contribution in [2.75, 3.05) is 19.6 Å². The van der Waals surface area contributed by atoms with Gasteiger partial charge in [-0.1, -0.05) is 36.4 Å². The van der Waals surface area contributed by atoms with E-state index in [0.29, 0.717) is 29.2 Å². The van der Waals surface area contributed by atoms with E-state index in [1.54, 1.807) is 57.2 Å². The molecule has 1 saturated heterocycles. The molecule has 1 fully saturated rings. The summed E-state index contributed by atoms with van der Waals surface area (Å²) in [5, 5.41) is 0.457. The molecule has 0 aliphatic carbocycles. The van der Waals surface area contributed by atoms with Crippen LogP contribution in [0.25, 0.3) is 11.6 Å². The molecule has 1 aliphatic rings. The molecule has 1 unspecified atom stereocenters. The summed E-state index contributed by atoms with van der Waals surface area (Å²) in [4.78, 5) is 29.6. The maximum Gasteiger partial charge on any atom is 0.338 e. The van der Waals surface area contributed by atoms with E-state index in [-0.39, 0.29) is 23.3 Å². The third kappa shape index (κ3) is 7.51. The third-order valence-electron chi connectivity index (χ3n) is 5.71. The molecule has 0 aromatic heterocycles. The van der Waals surface area contributed by atoms with Gasteiger partial charge in [0.1, 0.15) is 11.4 Å². The first-order valence-corrected chi connectivity index (χ1v) is 12.0. The van der Waals surface area contributed by atoms with Gasteiger partial charge in [0.15, 0.2) is 0 Å². The molecule has 1 heterocycles. The highest BCUT2D eigenvalue weighted by atomic mass is 35.5. The van der Waals surface area contributed by atoms with E-state index in [1.165, 1.54) is 18.2 Å². The molecule has 0 N–H and O–H groups in total. The molecular formula is C28H32ClFN2O3. The Labute approximate surface area is 211 Å². The first-order chi connectivity index (χ1) is 16.4. The highest BCUT2D eigenvalue weighted by Gasteiger charge is 2.26. The molecule has 5 nitrogen and oxygen atoms in total. The molecule has 186 valence electrons. The van der Waals surface area contributed by atoms with Crippen molar-refractivity contribution in [2.24, 2.45) is 0 Å². The molecule has 0 spiro atoms. The van der Waals surface area contributed by atoms with Crippen molar-refractivity contribution in [3.05, 3.63) is 82.6 Å². The van der Waals surface area contributed by atoms with Crippen LogP contribution in [0, 0.1) is 5.82 Å². The minimum absolute atomic E-state index is 0.0164. The Kier molecular flexibility index (Phi) is 8.51. The molecule has 0 saturated carbocycles. The maximum atomic E-state index is 13.2. The summed E-state index contributed by atoms with van der Waals surface area (Å²) in [6.07, 6.45) is 3.20. The van der Waals surface area contributed by atoms with Gasteiger partial charge in [0.05, 0.1) is 5.57 Å². The summed E-state index contributed by atoms with van der Waals surface area (Å²) in [7, 11) is 0. The summed E-state index contributed by atoms with van der Waals surface area (Å²) in [6, 6.07) is 11.6. The zero-order chi connectivity index (χ0) is 25.8. The molecule has 7 heteroatoms. The fourth-order valence-electron chi connectivity index (χ4n) is 3.99. The number of ether oxygens (including phenoxy) is 1. The topological polar surface area (TPSA) is 49.9 Å². The van der Waals surface area contributed by atoms with Crippen molar-refractivity contribution in [3.63, 3.8) is 0 Å². The van der Waals surface area contributed by atoms with Gasteiger partial charge >= 0.3 is 5.97 Å². The van der Waals surface area contributed by atoms with Crippen molar-refractivity contribution in [3.8, 4) is 0 Å². The maximum absolute atomic E-state index is 13.2. The fraction of sp³-hybridized carbons (Fsp3) is 0.357. The van der Waals surface area contributed by atoms with E-state index in [1.807, 2.05) is 11.8 Å². The van der Waals surface area contributed by atoms with E-state index in [0.717, 1.165) is 18.7 Å². The van der Waals surface area contributed by atoms with Crippen LogP contribution in [0.4, 0.5) is 4.39 Å². The average molecular weight is 499 g/mol. The molecule has 1 amide bonds. The summed E-state index contributed by atoms with van der Waals surface area (Å²) in [5.74, 6) is -0.891. The quantitative estimate of drug-likeness (QED) is 0.385. The van der Waals surface area contributed by atoms with Crippen molar-refractivity contribution < 1.29 is 18.7 Å². The van der Waals surface area contributed by atoms with Crippen LogP contribution in [-0.2, 0) is 20.9 Å². The first kappa shape index (κ1) is 26.6. The number of hydrogen-bond donors (Lipinski definition) is 0. The number of amides is 1. The number of halogens is 2. The van der Waals surface area contributed by atoms with E-state index >= 15 is 0 Å². The smallest absolute Gasteiger partial charge is 0.338 e. The van der Waals surface area contributed by atoms with Gasteiger partial charge in [-0.2, -0.15) is 0 Å². The van der Waals surface area contributed by atoms with E-state index < -0.39 is 11.6 Å². The standard InChI is InChI=1S/C28H32ClFN2O3/c1-19-17-31(18-21-6-11-24(30)12-7-21)14-15-32(19)26(33)13-9-22-8-10-23(29)16-25(22)20(2)27(34)35-28(3,4)5/h6-13,16,19H,2,14-15,17-18H2,1,3-5H3/b13-9+. The molecular weight excluding hydrogens is 467 g/mol. The summed E-state index contributed by atoms with van der Waals surface area (Å²) < 4.78 is 18.6. The zero-order valence-electron chi connectivity index (χ0n) is 20.7. The third-order valence-corrected chi connectivity index (χ3v) is 5.94. The van der Waals surface area contributed by atoms with Crippen LogP contribution in [0.2, 0.25) is 5.02 Å². The van der Waals surface area contributed by atoms with Crippen LogP contribution in [0.5, 0.6) is 0 Å². The van der Waals surface area contributed by atoms with Gasteiger partial charge in [-0.05, 0) is 74.7 Å². The molecule has 0 radical (unpaired) electrons. The van der Waals surface area contributed by atoms with Crippen LogP contribution in [-0.4, -0.2) is 53.0 Å². The zero-order valence-corrected chi connectivity index (χ0v) is 21.4. The molecule has 0 bridgehead atoms. The van der Waals surface area contributed by atoms with Crippen molar-refractivity contribution in [1.29, 1.82) is 0 Å². The van der Waals surface area contributed by atoms with Crippen LogP contribution in [0.15, 0.2) is 55.1 Å². The number of hydrogen-bond acceptors (Lipinski definition) is 4. The lowest BCUT2D eigenvalue weighted by molar-refractivity contribution is -0.147. The van der Waals surface area contributed by atoms with Crippen LogP contribution in [0.1, 0.15) is 44.4 Å². The van der Waals surface area contributed by atoms with Crippen molar-refractivity contribution in [1.82, 2.24) is 9.80 Å². The number of rotatable bonds is 6. The fourth-order valence-corrected chi connectivity index (χ4v) is 4.17. The second kappa shape index (κ2) is 11.2. The molecule has 3 rings (SSSR count). The Morgan fingerprint density at radius 1 is 1.17 bits per heavy atom. The Morgan fingerprint density at radius 2 is 1.86 bits per heavy atom. The van der Waals surface area contributed by atoms with Gasteiger partial charge in [-0.25, -0.2) is 9.18 Å². The molecule has 2 aromatic carbocycles. The second-order valence-electron chi connectivity index (χ2n) is 9.79. The Morgan fingerprint density at radius 3 is 2.49 bits per heavy atom. The molecule has 35 heavy (non-hydrogen) atoms. The highest BCUT2D eigenvalue weighted by molar-refractivity contribution is 6.31. The normalized spacial score (nSPS) is 17.0. The summed E-state index contributed by atoms with van der Waals surface area (Å²) in [6.45, 7) is 14.0. The SMILES string of the molecule is C=C(C(=O)OC(C)(C)C)c1cc(Cl)ccc1/C=C/C(=O)N1CCN(Cc2ccc(F)cc2)CC1C. The van der Waals surface area contributed by atoms with Crippen molar-refractivity contribution in [2.45, 2.75) is 45.9 Å². The Hall–Kier alpha value is -2.96. The number of piperazine rings is 1. The van der Waals surface area contributed by atoms with Gasteiger partial charge in [-0.3, -0.25) is 9.69 Å². The molecule has 1 aliphatic heterocycles. The summed E-state index contributed by atoms with van der Waals surface area (Å²) in [5.41, 5.74) is 1.74. The second-order valence-corrected chi connectivity index (χ2v) is 10.2. The predicted molar refractivity (Wildman–Crippen MR) is 138 cm³/mol. The number of nitrogens with zero attached hydrogens (tertiary/aromatic N) is 2. The lowest BCUT2D eigenvalue weighted by atomic mass is 10.00.